The summed E-state index contributed by atoms with van der Waals surface area (Å²) in [6.45, 7) is 2.54. The van der Waals surface area contributed by atoms with Gasteiger partial charge in [0.25, 0.3) is 0 Å². The SMILES string of the molecule is NC(=O)C12CC3CC(CC(C3)C1OC(=O)C1CCN(C(=O)N3CCC(Cl)CC3)CC1)C2. The number of hydrogen-bond acceptors (Lipinski definition) is 4. The van der Waals surface area contributed by atoms with Crippen molar-refractivity contribution in [1.82, 2.24) is 9.80 Å². The van der Waals surface area contributed by atoms with Crippen molar-refractivity contribution in [3.05, 3.63) is 0 Å². The molecule has 31 heavy (non-hydrogen) atoms. The van der Waals surface area contributed by atoms with Gasteiger partial charge in [-0.1, -0.05) is 0 Å². The molecular formula is C23H34ClN3O4. The fraction of sp³-hybridized carbons (Fsp3) is 0.870. The molecule has 6 aliphatic rings. The minimum Gasteiger partial charge on any atom is -0.461 e. The largest absolute Gasteiger partial charge is 0.461 e. The molecule has 0 spiro atoms. The Morgan fingerprint density at radius 3 is 1.97 bits per heavy atom. The number of ether oxygens (including phenoxy) is 1. The number of primary amides is 1. The number of amides is 3. The zero-order valence-corrected chi connectivity index (χ0v) is 18.9. The Morgan fingerprint density at radius 2 is 1.42 bits per heavy atom. The third-order valence-electron chi connectivity index (χ3n) is 8.75. The van der Waals surface area contributed by atoms with E-state index < -0.39 is 5.41 Å². The Kier molecular flexibility index (Phi) is 5.60. The summed E-state index contributed by atoms with van der Waals surface area (Å²) in [6.07, 6.45) is 7.39. The van der Waals surface area contributed by atoms with Crippen LogP contribution in [0.2, 0.25) is 0 Å². The summed E-state index contributed by atoms with van der Waals surface area (Å²) in [5.74, 6) is 0.684. The second kappa shape index (κ2) is 8.13. The molecule has 7 nitrogen and oxygen atoms in total. The van der Waals surface area contributed by atoms with Crippen LogP contribution in [0.5, 0.6) is 0 Å². The van der Waals surface area contributed by atoms with Crippen molar-refractivity contribution in [3.8, 4) is 0 Å². The Labute approximate surface area is 188 Å². The molecule has 3 atom stereocenters. The number of hydrogen-bond donors (Lipinski definition) is 1. The van der Waals surface area contributed by atoms with Crippen LogP contribution in [0, 0.1) is 29.1 Å². The molecule has 3 amide bonds. The molecule has 6 rings (SSSR count). The highest BCUT2D eigenvalue weighted by molar-refractivity contribution is 6.20. The molecule has 2 aliphatic heterocycles. The molecule has 4 saturated carbocycles. The van der Waals surface area contributed by atoms with Crippen molar-refractivity contribution in [2.24, 2.45) is 34.8 Å². The first kappa shape index (κ1) is 21.4. The molecule has 4 aliphatic carbocycles. The molecule has 4 bridgehead atoms. The molecule has 6 fully saturated rings. The van der Waals surface area contributed by atoms with Gasteiger partial charge in [-0.25, -0.2) is 4.79 Å². The maximum atomic E-state index is 13.1. The number of carbonyl (C=O) groups excluding carboxylic acids is 3. The third kappa shape index (κ3) is 3.81. The number of piperidine rings is 2. The molecular weight excluding hydrogens is 418 g/mol. The van der Waals surface area contributed by atoms with Crippen LogP contribution in [0.25, 0.3) is 0 Å². The molecule has 2 N–H and O–H groups in total. The molecule has 0 aromatic carbocycles. The van der Waals surface area contributed by atoms with Gasteiger partial charge in [-0.3, -0.25) is 9.59 Å². The van der Waals surface area contributed by atoms with E-state index in [0.29, 0.717) is 50.9 Å². The maximum Gasteiger partial charge on any atom is 0.319 e. The summed E-state index contributed by atoms with van der Waals surface area (Å²) in [6, 6.07) is 0.0594. The smallest absolute Gasteiger partial charge is 0.319 e. The number of esters is 1. The monoisotopic (exact) mass is 451 g/mol. The van der Waals surface area contributed by atoms with E-state index in [4.69, 9.17) is 22.1 Å². The number of alkyl halides is 1. The average molecular weight is 452 g/mol. The summed E-state index contributed by atoms with van der Waals surface area (Å²) in [7, 11) is 0. The van der Waals surface area contributed by atoms with Gasteiger partial charge in [0, 0.05) is 31.6 Å². The first-order valence-electron chi connectivity index (χ1n) is 12.0. The van der Waals surface area contributed by atoms with Crippen LogP contribution in [0.4, 0.5) is 4.79 Å². The van der Waals surface area contributed by atoms with E-state index in [1.807, 2.05) is 9.80 Å². The molecule has 2 heterocycles. The number of carbonyl (C=O) groups is 3. The summed E-state index contributed by atoms with van der Waals surface area (Å²) in [5, 5.41) is 0.165. The average Bonchev–Trinajstić information content (AvgIpc) is 2.75. The van der Waals surface area contributed by atoms with Crippen LogP contribution < -0.4 is 5.73 Å². The van der Waals surface area contributed by atoms with Crippen LogP contribution in [0.15, 0.2) is 0 Å². The lowest BCUT2D eigenvalue weighted by Crippen LogP contribution is -2.62. The number of halogens is 1. The number of rotatable bonds is 3. The highest BCUT2D eigenvalue weighted by Crippen LogP contribution is 2.61. The van der Waals surface area contributed by atoms with Crippen molar-refractivity contribution < 1.29 is 19.1 Å². The second-order valence-electron chi connectivity index (χ2n) is 10.7. The molecule has 3 unspecified atom stereocenters. The zero-order chi connectivity index (χ0) is 21.8. The predicted molar refractivity (Wildman–Crippen MR) is 115 cm³/mol. The van der Waals surface area contributed by atoms with Crippen LogP contribution in [-0.4, -0.2) is 65.4 Å². The van der Waals surface area contributed by atoms with E-state index in [9.17, 15) is 14.4 Å². The Morgan fingerprint density at radius 1 is 0.871 bits per heavy atom. The number of likely N-dealkylation sites (tertiary alicyclic amines) is 2. The number of urea groups is 1. The van der Waals surface area contributed by atoms with Crippen molar-refractivity contribution in [2.75, 3.05) is 26.2 Å². The summed E-state index contributed by atoms with van der Waals surface area (Å²) in [4.78, 5) is 42.1. The fourth-order valence-electron chi connectivity index (χ4n) is 7.31. The van der Waals surface area contributed by atoms with Gasteiger partial charge in [0.05, 0.1) is 11.3 Å². The van der Waals surface area contributed by atoms with E-state index in [2.05, 4.69) is 0 Å². The normalized spacial score (nSPS) is 38.4. The third-order valence-corrected chi connectivity index (χ3v) is 9.18. The van der Waals surface area contributed by atoms with Gasteiger partial charge in [-0.05, 0) is 75.5 Å². The van der Waals surface area contributed by atoms with E-state index in [1.165, 1.54) is 6.42 Å². The van der Waals surface area contributed by atoms with E-state index >= 15 is 0 Å². The highest BCUT2D eigenvalue weighted by Gasteiger charge is 2.62. The Balaban J connectivity index is 1.18. The van der Waals surface area contributed by atoms with Gasteiger partial charge in [-0.2, -0.15) is 0 Å². The van der Waals surface area contributed by atoms with Gasteiger partial charge in [0.1, 0.15) is 6.10 Å². The first-order chi connectivity index (χ1) is 14.9. The zero-order valence-electron chi connectivity index (χ0n) is 18.1. The van der Waals surface area contributed by atoms with Gasteiger partial charge < -0.3 is 20.3 Å². The summed E-state index contributed by atoms with van der Waals surface area (Å²) < 4.78 is 6.09. The van der Waals surface area contributed by atoms with Crippen molar-refractivity contribution in [1.29, 1.82) is 0 Å². The van der Waals surface area contributed by atoms with Crippen LogP contribution in [0.3, 0.4) is 0 Å². The summed E-state index contributed by atoms with van der Waals surface area (Å²) >= 11 is 6.15. The standard InChI is InChI=1S/C23H34ClN3O4/c24-18-3-7-27(8-4-18)22(30)26-5-1-16(2-6-26)20(28)31-19-17-10-14-9-15(11-17)13-23(19,12-14)21(25)29/h14-19H,1-13H2,(H2,25,29). The second-order valence-corrected chi connectivity index (χ2v) is 11.3. The summed E-state index contributed by atoms with van der Waals surface area (Å²) in [5.41, 5.74) is 5.22. The lowest BCUT2D eigenvalue weighted by molar-refractivity contribution is -0.199. The molecule has 8 heteroatoms. The first-order valence-corrected chi connectivity index (χ1v) is 12.5. The van der Waals surface area contributed by atoms with Gasteiger partial charge >= 0.3 is 12.0 Å². The van der Waals surface area contributed by atoms with Crippen LogP contribution in [0.1, 0.15) is 57.8 Å². The Hall–Kier alpha value is -1.50. The number of nitrogens with two attached hydrogens (primary N) is 1. The van der Waals surface area contributed by atoms with E-state index in [0.717, 1.165) is 38.5 Å². The van der Waals surface area contributed by atoms with Gasteiger partial charge in [0.2, 0.25) is 5.91 Å². The van der Waals surface area contributed by atoms with Gasteiger partial charge in [0.15, 0.2) is 0 Å². The molecule has 172 valence electrons. The van der Waals surface area contributed by atoms with Crippen LogP contribution >= 0.6 is 11.6 Å². The van der Waals surface area contributed by atoms with Crippen molar-refractivity contribution in [3.63, 3.8) is 0 Å². The fourth-order valence-corrected chi connectivity index (χ4v) is 7.51. The lowest BCUT2D eigenvalue weighted by Gasteiger charge is -2.58. The molecule has 2 saturated heterocycles. The van der Waals surface area contributed by atoms with Crippen LogP contribution in [-0.2, 0) is 14.3 Å². The topological polar surface area (TPSA) is 92.9 Å². The number of nitrogens with zero attached hydrogens (tertiary/aromatic N) is 2. The van der Waals surface area contributed by atoms with Gasteiger partial charge in [-0.15, -0.1) is 11.6 Å². The van der Waals surface area contributed by atoms with E-state index in [-0.39, 0.29) is 41.2 Å². The lowest BCUT2D eigenvalue weighted by atomic mass is 9.48. The minimum atomic E-state index is -0.657. The molecule has 0 aromatic heterocycles. The molecule has 0 radical (unpaired) electrons. The molecule has 0 aromatic rings. The van der Waals surface area contributed by atoms with E-state index in [1.54, 1.807) is 0 Å². The highest BCUT2D eigenvalue weighted by atomic mass is 35.5. The maximum absolute atomic E-state index is 13.1. The minimum absolute atomic E-state index is 0.0594. The predicted octanol–water partition coefficient (Wildman–Crippen LogP) is 2.75. The Bertz CT molecular complexity index is 731. The van der Waals surface area contributed by atoms with Crippen molar-refractivity contribution >= 4 is 29.5 Å². The quantitative estimate of drug-likeness (QED) is 0.527. The van der Waals surface area contributed by atoms with Crippen molar-refractivity contribution in [2.45, 2.75) is 69.3 Å².